The van der Waals surface area contributed by atoms with Crippen LogP contribution in [0.25, 0.3) is 22.5 Å². The van der Waals surface area contributed by atoms with Gasteiger partial charge in [-0.2, -0.15) is 5.26 Å². The molecule has 6 rings (SSSR count). The van der Waals surface area contributed by atoms with Crippen LogP contribution in [0, 0.1) is 11.3 Å². The van der Waals surface area contributed by atoms with Gasteiger partial charge in [-0.25, -0.2) is 4.57 Å². The minimum Gasteiger partial charge on any atom is -0.451 e. The molecular weight excluding hydrogens is 536 g/mol. The predicted molar refractivity (Wildman–Crippen MR) is 164 cm³/mol. The number of furan rings is 1. The lowest BCUT2D eigenvalue weighted by Gasteiger charge is -2.27. The molecule has 1 fully saturated rings. The third kappa shape index (κ3) is 6.19. The van der Waals surface area contributed by atoms with Gasteiger partial charge in [-0.3, -0.25) is 9.69 Å². The number of aromatic nitrogens is 2. The van der Waals surface area contributed by atoms with Gasteiger partial charge in [-0.1, -0.05) is 35.3 Å². The number of fused-ring (bicyclic) bond motifs is 1. The van der Waals surface area contributed by atoms with Crippen LogP contribution in [0.3, 0.4) is 0 Å². The van der Waals surface area contributed by atoms with E-state index in [1.54, 1.807) is 18.5 Å². The molecule has 0 bridgehead atoms. The first kappa shape index (κ1) is 28.3. The summed E-state index contributed by atoms with van der Waals surface area (Å²) in [4.78, 5) is 23.0. The lowest BCUT2D eigenvalue weighted by Crippen LogP contribution is -2.43. The Kier molecular flexibility index (Phi) is 8.27. The van der Waals surface area contributed by atoms with Crippen molar-refractivity contribution >= 4 is 5.91 Å². The maximum Gasteiger partial charge on any atom is 0.294 e. The van der Waals surface area contributed by atoms with E-state index in [-0.39, 0.29) is 5.91 Å². The number of carbonyl (C=O) groups is 1. The Hall–Kier alpha value is -4.84. The van der Waals surface area contributed by atoms with Gasteiger partial charge in [0.25, 0.3) is 12.2 Å². The van der Waals surface area contributed by atoms with E-state index in [0.29, 0.717) is 30.0 Å². The number of carbonyl (C=O) groups excluding carboxylic acids is 1. The Morgan fingerprint density at radius 1 is 1.12 bits per heavy atom. The fraction of sp³-hybridized carbons (Fsp3) is 0.257. The van der Waals surface area contributed by atoms with Gasteiger partial charge in [0.1, 0.15) is 12.0 Å². The SMILES string of the molecule is CC1=C(C=CCN2CCNCC2)N(Cc2ccccc2-c2cnc[n+](C)c2)C(=O)c2oc(-c3ccc(C#N)cc3)cc2C1. The van der Waals surface area contributed by atoms with Gasteiger partial charge in [-0.05, 0) is 66.5 Å². The summed E-state index contributed by atoms with van der Waals surface area (Å²) < 4.78 is 8.23. The Labute approximate surface area is 252 Å². The summed E-state index contributed by atoms with van der Waals surface area (Å²) >= 11 is 0. The first-order valence-corrected chi connectivity index (χ1v) is 14.6. The van der Waals surface area contributed by atoms with E-state index in [9.17, 15) is 10.1 Å². The van der Waals surface area contributed by atoms with Crippen LogP contribution >= 0.6 is 0 Å². The Morgan fingerprint density at radius 3 is 2.67 bits per heavy atom. The smallest absolute Gasteiger partial charge is 0.294 e. The fourth-order valence-corrected chi connectivity index (χ4v) is 5.78. The summed E-state index contributed by atoms with van der Waals surface area (Å²) in [7, 11) is 1.95. The number of amides is 1. The molecule has 2 aliphatic rings. The highest BCUT2D eigenvalue weighted by Crippen LogP contribution is 2.35. The predicted octanol–water partition coefficient (Wildman–Crippen LogP) is 4.64. The molecule has 2 aliphatic heterocycles. The average molecular weight is 572 g/mol. The van der Waals surface area contributed by atoms with Crippen LogP contribution in [-0.4, -0.2) is 53.4 Å². The van der Waals surface area contributed by atoms with E-state index < -0.39 is 0 Å². The maximum atomic E-state index is 14.4. The fourth-order valence-electron chi connectivity index (χ4n) is 5.78. The molecule has 216 valence electrons. The second kappa shape index (κ2) is 12.6. The Morgan fingerprint density at radius 2 is 1.91 bits per heavy atom. The summed E-state index contributed by atoms with van der Waals surface area (Å²) in [5.74, 6) is 0.811. The van der Waals surface area contributed by atoms with Gasteiger partial charge in [0.05, 0.1) is 30.8 Å². The molecule has 2 aromatic carbocycles. The number of aryl methyl sites for hydroxylation is 1. The van der Waals surface area contributed by atoms with Crippen molar-refractivity contribution in [1.29, 1.82) is 5.26 Å². The summed E-state index contributed by atoms with van der Waals surface area (Å²) in [5.41, 5.74) is 7.31. The van der Waals surface area contributed by atoms with Crippen molar-refractivity contribution < 1.29 is 13.8 Å². The molecular formula is C35H35N6O2+. The van der Waals surface area contributed by atoms with Crippen LogP contribution in [0.15, 0.2) is 101 Å². The van der Waals surface area contributed by atoms with Gasteiger partial charge in [0.2, 0.25) is 0 Å². The van der Waals surface area contributed by atoms with Crippen LogP contribution in [0.5, 0.6) is 0 Å². The summed E-state index contributed by atoms with van der Waals surface area (Å²) in [6.07, 6.45) is 10.5. The third-order valence-electron chi connectivity index (χ3n) is 8.04. The zero-order chi connectivity index (χ0) is 29.8. The highest BCUT2D eigenvalue weighted by atomic mass is 16.4. The van der Waals surface area contributed by atoms with Crippen molar-refractivity contribution in [2.24, 2.45) is 7.05 Å². The minimum atomic E-state index is -0.167. The van der Waals surface area contributed by atoms with Gasteiger partial charge in [0.15, 0.2) is 12.0 Å². The number of hydrogen-bond acceptors (Lipinski definition) is 6. The standard InChI is InChI=1S/C35H35N6O2/c1-25-18-29-19-33(27-11-9-26(20-36)10-12-27)43-34(29)35(42)41(32(25)8-5-15-40-16-13-37-14-17-40)23-28-6-3-4-7-31(28)30-21-38-24-39(2)22-30/h3-12,19,21-22,24,37H,13-18,23H2,1-2H3/q+1. The highest BCUT2D eigenvalue weighted by molar-refractivity contribution is 5.96. The summed E-state index contributed by atoms with van der Waals surface area (Å²) in [5, 5.41) is 12.6. The van der Waals surface area contributed by atoms with Crippen molar-refractivity contribution in [3.8, 4) is 28.5 Å². The molecule has 0 spiro atoms. The highest BCUT2D eigenvalue weighted by Gasteiger charge is 2.31. The normalized spacial score (nSPS) is 15.9. The van der Waals surface area contributed by atoms with Crippen molar-refractivity contribution in [1.82, 2.24) is 20.1 Å². The molecule has 8 nitrogen and oxygen atoms in total. The average Bonchev–Trinajstić information content (AvgIpc) is 3.43. The van der Waals surface area contributed by atoms with Crippen LogP contribution < -0.4 is 9.88 Å². The third-order valence-corrected chi connectivity index (χ3v) is 8.04. The molecule has 0 atom stereocenters. The lowest BCUT2D eigenvalue weighted by molar-refractivity contribution is -0.674. The largest absolute Gasteiger partial charge is 0.451 e. The molecule has 4 aromatic rings. The van der Waals surface area contributed by atoms with Crippen molar-refractivity contribution in [3.05, 3.63) is 119 Å². The zero-order valence-electron chi connectivity index (χ0n) is 24.6. The Balaban J connectivity index is 1.38. The zero-order valence-corrected chi connectivity index (χ0v) is 24.6. The van der Waals surface area contributed by atoms with Crippen LogP contribution in [0.1, 0.15) is 34.2 Å². The van der Waals surface area contributed by atoms with E-state index in [2.05, 4.69) is 52.5 Å². The molecule has 1 N–H and O–H groups in total. The molecule has 0 unspecified atom stereocenters. The number of nitrogens with zero attached hydrogens (tertiary/aromatic N) is 5. The quantitative estimate of drug-likeness (QED) is 0.325. The molecule has 1 saturated heterocycles. The van der Waals surface area contributed by atoms with Crippen LogP contribution in [0.4, 0.5) is 0 Å². The maximum absolute atomic E-state index is 14.4. The molecule has 1 amide bonds. The second-order valence-corrected chi connectivity index (χ2v) is 11.1. The second-order valence-electron chi connectivity index (χ2n) is 11.1. The number of piperazine rings is 1. The summed E-state index contributed by atoms with van der Waals surface area (Å²) in [6.45, 7) is 7.30. The molecule has 0 saturated carbocycles. The van der Waals surface area contributed by atoms with Crippen LogP contribution in [-0.2, 0) is 20.0 Å². The molecule has 8 heteroatoms. The lowest BCUT2D eigenvalue weighted by atomic mass is 10.0. The topological polar surface area (TPSA) is 89.3 Å². The number of nitriles is 1. The molecule has 2 aromatic heterocycles. The van der Waals surface area contributed by atoms with Crippen molar-refractivity contribution in [2.45, 2.75) is 19.9 Å². The van der Waals surface area contributed by atoms with E-state index in [1.165, 1.54) is 0 Å². The van der Waals surface area contributed by atoms with Gasteiger partial charge in [-0.15, -0.1) is 0 Å². The number of hydrogen-bond donors (Lipinski definition) is 1. The van der Waals surface area contributed by atoms with Crippen LogP contribution in [0.2, 0.25) is 0 Å². The number of benzene rings is 2. The number of nitrogens with one attached hydrogen (secondary N) is 1. The minimum absolute atomic E-state index is 0.167. The molecule has 0 radical (unpaired) electrons. The molecule has 43 heavy (non-hydrogen) atoms. The van der Waals surface area contributed by atoms with Crippen molar-refractivity contribution in [2.75, 3.05) is 32.7 Å². The van der Waals surface area contributed by atoms with E-state index in [1.807, 2.05) is 59.2 Å². The van der Waals surface area contributed by atoms with E-state index in [0.717, 1.165) is 71.8 Å². The van der Waals surface area contributed by atoms with Gasteiger partial charge >= 0.3 is 0 Å². The number of rotatable bonds is 7. The number of allylic oxidation sites excluding steroid dienone is 2. The molecule has 4 heterocycles. The van der Waals surface area contributed by atoms with Gasteiger partial charge < -0.3 is 14.6 Å². The van der Waals surface area contributed by atoms with E-state index in [4.69, 9.17) is 4.42 Å². The van der Waals surface area contributed by atoms with Crippen molar-refractivity contribution in [3.63, 3.8) is 0 Å². The van der Waals surface area contributed by atoms with Gasteiger partial charge in [0, 0.05) is 49.5 Å². The first-order valence-electron chi connectivity index (χ1n) is 14.6. The Bertz CT molecular complexity index is 1740. The molecule has 0 aliphatic carbocycles. The van der Waals surface area contributed by atoms with E-state index >= 15 is 0 Å². The first-order chi connectivity index (χ1) is 21.0. The monoisotopic (exact) mass is 571 g/mol. The summed E-state index contributed by atoms with van der Waals surface area (Å²) in [6, 6.07) is 19.5.